The molecule has 1 heteroatoms. The second-order valence-electron chi connectivity index (χ2n) is 4.37. The van der Waals surface area contributed by atoms with Gasteiger partial charge in [-0.2, -0.15) is 0 Å². The topological polar surface area (TPSA) is 3.24 Å². The van der Waals surface area contributed by atoms with Crippen molar-refractivity contribution in [3.63, 3.8) is 0 Å². The van der Waals surface area contributed by atoms with E-state index in [4.69, 9.17) is 0 Å². The molecule has 88 valence electrons. The highest BCUT2D eigenvalue weighted by Gasteiger charge is 2.04. The molecule has 0 aromatic carbocycles. The Bertz CT molecular complexity index is 334. The van der Waals surface area contributed by atoms with Crippen LogP contribution in [0.3, 0.4) is 0 Å². The van der Waals surface area contributed by atoms with Crippen LogP contribution in [0, 0.1) is 5.92 Å². The first-order valence-corrected chi connectivity index (χ1v) is 6.26. The van der Waals surface area contributed by atoms with E-state index in [9.17, 15) is 0 Å². The van der Waals surface area contributed by atoms with Gasteiger partial charge in [0.05, 0.1) is 5.70 Å². The zero-order chi connectivity index (χ0) is 12.0. The maximum absolute atomic E-state index is 3.36. The summed E-state index contributed by atoms with van der Waals surface area (Å²) in [6.07, 6.45) is 9.77. The zero-order valence-corrected chi connectivity index (χ0v) is 11.0. The summed E-state index contributed by atoms with van der Waals surface area (Å²) in [5.41, 5.74) is 6.04. The Morgan fingerprint density at radius 2 is 2.00 bits per heavy atom. The predicted octanol–water partition coefficient (Wildman–Crippen LogP) is 3.91. The van der Waals surface area contributed by atoms with E-state index in [1.165, 1.54) is 11.3 Å². The molecule has 0 atom stereocenters. The van der Waals surface area contributed by atoms with E-state index in [2.05, 4.69) is 62.6 Å². The Labute approximate surface area is 99.8 Å². The van der Waals surface area contributed by atoms with Crippen molar-refractivity contribution in [2.75, 3.05) is 13.1 Å². The van der Waals surface area contributed by atoms with Gasteiger partial charge in [-0.3, -0.25) is 0 Å². The summed E-state index contributed by atoms with van der Waals surface area (Å²) in [5.74, 6) is 0.623. The standard InChI is InChI=1S/C15H23N/c1-5-16(6-2)15-11-7-9-14(13(3)4)10-8-12-15/h7-9,12-13H,5-6,10H2,1-4H3. The molecule has 1 aliphatic rings. The van der Waals surface area contributed by atoms with Gasteiger partial charge < -0.3 is 4.90 Å². The van der Waals surface area contributed by atoms with E-state index < -0.39 is 0 Å². The summed E-state index contributed by atoms with van der Waals surface area (Å²) in [5, 5.41) is 0. The molecule has 1 rings (SSSR count). The van der Waals surface area contributed by atoms with Crippen LogP contribution in [0.2, 0.25) is 0 Å². The lowest BCUT2D eigenvalue weighted by Crippen LogP contribution is -2.20. The van der Waals surface area contributed by atoms with Gasteiger partial charge in [0.1, 0.15) is 0 Å². The monoisotopic (exact) mass is 217 g/mol. The number of hydrogen-bond acceptors (Lipinski definition) is 1. The first-order valence-electron chi connectivity index (χ1n) is 6.26. The van der Waals surface area contributed by atoms with E-state index in [1.54, 1.807) is 0 Å². The number of likely N-dealkylation sites (N-methyl/N-ethyl adjacent to an activating group) is 1. The minimum atomic E-state index is 0.623. The summed E-state index contributed by atoms with van der Waals surface area (Å²) in [7, 11) is 0. The highest BCUT2D eigenvalue weighted by Crippen LogP contribution is 2.17. The Kier molecular flexibility index (Phi) is 5.14. The van der Waals surface area contributed by atoms with Gasteiger partial charge in [-0.1, -0.05) is 37.3 Å². The molecular formula is C15H23N. The van der Waals surface area contributed by atoms with Crippen LogP contribution in [-0.2, 0) is 0 Å². The van der Waals surface area contributed by atoms with Crippen molar-refractivity contribution in [2.45, 2.75) is 34.1 Å². The maximum Gasteiger partial charge on any atom is 0.0796 e. The average Bonchev–Trinajstić information content (AvgIpc) is 2.21. The molecule has 0 N–H and O–H groups in total. The van der Waals surface area contributed by atoms with Gasteiger partial charge in [0.25, 0.3) is 0 Å². The number of nitrogens with zero attached hydrogens (tertiary/aromatic N) is 1. The van der Waals surface area contributed by atoms with E-state index in [1.807, 2.05) is 0 Å². The quantitative estimate of drug-likeness (QED) is 0.645. The molecule has 0 aromatic heterocycles. The van der Waals surface area contributed by atoms with Crippen molar-refractivity contribution in [2.24, 2.45) is 5.92 Å². The molecule has 0 fully saturated rings. The van der Waals surface area contributed by atoms with Crippen LogP contribution in [0.25, 0.3) is 0 Å². The number of allylic oxidation sites excluding steroid dienone is 4. The van der Waals surface area contributed by atoms with Crippen LogP contribution >= 0.6 is 0 Å². The lowest BCUT2D eigenvalue weighted by molar-refractivity contribution is 0.395. The normalized spacial score (nSPS) is 15.6. The first-order chi connectivity index (χ1) is 7.69. The second kappa shape index (κ2) is 6.40. The van der Waals surface area contributed by atoms with Gasteiger partial charge in [-0.05, 0) is 38.3 Å². The molecular weight excluding hydrogens is 194 g/mol. The fourth-order valence-electron chi connectivity index (χ4n) is 1.85. The molecule has 0 saturated heterocycles. The first kappa shape index (κ1) is 12.9. The van der Waals surface area contributed by atoms with Crippen LogP contribution in [0.4, 0.5) is 0 Å². The van der Waals surface area contributed by atoms with Crippen LogP contribution < -0.4 is 0 Å². The molecule has 0 heterocycles. The molecule has 0 radical (unpaired) electrons. The third-order valence-corrected chi connectivity index (χ3v) is 3.00. The highest BCUT2D eigenvalue weighted by molar-refractivity contribution is 5.26. The van der Waals surface area contributed by atoms with Gasteiger partial charge in [-0.15, -0.1) is 0 Å². The Morgan fingerprint density at radius 1 is 1.31 bits per heavy atom. The molecule has 16 heavy (non-hydrogen) atoms. The van der Waals surface area contributed by atoms with Crippen molar-refractivity contribution in [1.29, 1.82) is 0 Å². The van der Waals surface area contributed by atoms with Gasteiger partial charge in [0, 0.05) is 13.1 Å². The number of hydrogen-bond donors (Lipinski definition) is 0. The van der Waals surface area contributed by atoms with Crippen LogP contribution in [0.15, 0.2) is 41.3 Å². The van der Waals surface area contributed by atoms with Gasteiger partial charge in [0.2, 0.25) is 0 Å². The SMILES string of the molecule is CCN(CC)C1=C=CC=C(C(C)C)CC=C1. The third kappa shape index (κ3) is 3.43. The molecule has 0 spiro atoms. The Hall–Kier alpha value is -1.20. The van der Waals surface area contributed by atoms with Crippen LogP contribution in [0.1, 0.15) is 34.1 Å². The summed E-state index contributed by atoms with van der Waals surface area (Å²) in [4.78, 5) is 2.32. The molecule has 1 aliphatic carbocycles. The smallest absolute Gasteiger partial charge is 0.0796 e. The second-order valence-corrected chi connectivity index (χ2v) is 4.37. The molecule has 0 saturated carbocycles. The lowest BCUT2D eigenvalue weighted by atomic mass is 9.98. The Morgan fingerprint density at radius 3 is 2.56 bits per heavy atom. The molecule has 0 amide bonds. The third-order valence-electron chi connectivity index (χ3n) is 3.00. The maximum atomic E-state index is 3.36. The van der Waals surface area contributed by atoms with Crippen LogP contribution in [-0.4, -0.2) is 18.0 Å². The summed E-state index contributed by atoms with van der Waals surface area (Å²) in [6.45, 7) is 10.9. The predicted molar refractivity (Wildman–Crippen MR) is 71.2 cm³/mol. The van der Waals surface area contributed by atoms with E-state index in [0.29, 0.717) is 5.92 Å². The largest absolute Gasteiger partial charge is 0.366 e. The summed E-state index contributed by atoms with van der Waals surface area (Å²) < 4.78 is 0. The van der Waals surface area contributed by atoms with Gasteiger partial charge in [-0.25, -0.2) is 0 Å². The van der Waals surface area contributed by atoms with Gasteiger partial charge >= 0.3 is 0 Å². The van der Waals surface area contributed by atoms with Crippen molar-refractivity contribution in [3.05, 3.63) is 41.3 Å². The lowest BCUT2D eigenvalue weighted by Gasteiger charge is -2.21. The molecule has 0 aliphatic heterocycles. The fraction of sp³-hybridized carbons (Fsp3) is 0.533. The van der Waals surface area contributed by atoms with E-state index >= 15 is 0 Å². The van der Waals surface area contributed by atoms with E-state index in [-0.39, 0.29) is 0 Å². The summed E-state index contributed by atoms with van der Waals surface area (Å²) in [6, 6.07) is 0. The summed E-state index contributed by atoms with van der Waals surface area (Å²) >= 11 is 0. The molecule has 0 aromatic rings. The fourth-order valence-corrected chi connectivity index (χ4v) is 1.85. The zero-order valence-electron chi connectivity index (χ0n) is 11.0. The molecule has 0 unspecified atom stereocenters. The molecule has 1 nitrogen and oxygen atoms in total. The Balaban J connectivity index is 2.93. The highest BCUT2D eigenvalue weighted by atomic mass is 15.1. The average molecular weight is 217 g/mol. The minimum Gasteiger partial charge on any atom is -0.366 e. The van der Waals surface area contributed by atoms with E-state index in [0.717, 1.165) is 19.5 Å². The van der Waals surface area contributed by atoms with Gasteiger partial charge in [0.15, 0.2) is 0 Å². The van der Waals surface area contributed by atoms with Crippen molar-refractivity contribution < 1.29 is 0 Å². The van der Waals surface area contributed by atoms with Crippen molar-refractivity contribution >= 4 is 0 Å². The molecule has 0 bridgehead atoms. The van der Waals surface area contributed by atoms with Crippen molar-refractivity contribution in [1.82, 2.24) is 4.90 Å². The number of rotatable bonds is 4. The van der Waals surface area contributed by atoms with Crippen LogP contribution in [0.5, 0.6) is 0 Å². The minimum absolute atomic E-state index is 0.623. The van der Waals surface area contributed by atoms with Crippen molar-refractivity contribution in [3.8, 4) is 0 Å².